The van der Waals surface area contributed by atoms with E-state index >= 15 is 0 Å². The molecule has 0 unspecified atom stereocenters. The topological polar surface area (TPSA) is 40.5 Å². The zero-order valence-corrected chi connectivity index (χ0v) is 6.84. The van der Waals surface area contributed by atoms with Gasteiger partial charge in [0.1, 0.15) is 0 Å². The van der Waals surface area contributed by atoms with Crippen LogP contribution in [0, 0.1) is 0 Å². The molecule has 60 valence electrons. The molecular formula is C8H10O2S. The third kappa shape index (κ3) is 2.15. The van der Waals surface area contributed by atoms with Gasteiger partial charge in [-0.05, 0) is 22.7 Å². The van der Waals surface area contributed by atoms with E-state index in [-0.39, 0.29) is 13.2 Å². The highest BCUT2D eigenvalue weighted by Crippen LogP contribution is 1.80. The largest absolute Gasteiger partial charge is 0.392 e. The molecule has 0 radical (unpaired) electrons. The first-order valence-corrected chi connectivity index (χ1v) is 4.22. The molecule has 0 aromatic carbocycles. The molecule has 0 aliphatic heterocycles. The Labute approximate surface area is 68.7 Å². The van der Waals surface area contributed by atoms with Crippen LogP contribution in [0.15, 0.2) is 11.4 Å². The highest BCUT2D eigenvalue weighted by molar-refractivity contribution is 7.07. The summed E-state index contributed by atoms with van der Waals surface area (Å²) in [4.78, 5) is 0. The van der Waals surface area contributed by atoms with E-state index in [1.807, 2.05) is 11.4 Å². The maximum atomic E-state index is 8.61. The van der Waals surface area contributed by atoms with Gasteiger partial charge in [0.05, 0.1) is 13.2 Å². The van der Waals surface area contributed by atoms with Crippen molar-refractivity contribution in [2.24, 2.45) is 0 Å². The Morgan fingerprint density at radius 1 is 1.27 bits per heavy atom. The van der Waals surface area contributed by atoms with Crippen molar-refractivity contribution in [3.63, 3.8) is 0 Å². The van der Waals surface area contributed by atoms with Crippen LogP contribution >= 0.6 is 11.3 Å². The van der Waals surface area contributed by atoms with Gasteiger partial charge in [0, 0.05) is 4.53 Å². The first-order chi connectivity index (χ1) is 5.38. The summed E-state index contributed by atoms with van der Waals surface area (Å²) in [5.74, 6) is 0. The minimum atomic E-state index is 0.0446. The SMILES string of the molecule is OCC=c1ccsc1=CCO. The van der Waals surface area contributed by atoms with Gasteiger partial charge in [-0.2, -0.15) is 0 Å². The number of hydrogen-bond acceptors (Lipinski definition) is 3. The maximum Gasteiger partial charge on any atom is 0.0629 e. The summed E-state index contributed by atoms with van der Waals surface area (Å²) in [6.07, 6.45) is 3.45. The van der Waals surface area contributed by atoms with Crippen molar-refractivity contribution < 1.29 is 10.2 Å². The highest BCUT2D eigenvalue weighted by Gasteiger charge is 1.84. The molecule has 1 heterocycles. The summed E-state index contributed by atoms with van der Waals surface area (Å²) in [5.41, 5.74) is 0. The second kappa shape index (κ2) is 4.28. The Kier molecular flexibility index (Phi) is 3.29. The van der Waals surface area contributed by atoms with Crippen LogP contribution in [0.25, 0.3) is 12.2 Å². The monoisotopic (exact) mass is 170 g/mol. The van der Waals surface area contributed by atoms with Gasteiger partial charge in [0.25, 0.3) is 0 Å². The molecule has 0 saturated carbocycles. The van der Waals surface area contributed by atoms with E-state index in [1.165, 1.54) is 0 Å². The second-order valence-corrected chi connectivity index (χ2v) is 2.96. The Hall–Kier alpha value is -0.640. The van der Waals surface area contributed by atoms with Crippen molar-refractivity contribution in [1.29, 1.82) is 0 Å². The van der Waals surface area contributed by atoms with E-state index in [9.17, 15) is 0 Å². The van der Waals surface area contributed by atoms with Crippen LogP contribution in [0.1, 0.15) is 0 Å². The summed E-state index contributed by atoms with van der Waals surface area (Å²) < 4.78 is 1.02. The normalized spacial score (nSPS) is 14.4. The van der Waals surface area contributed by atoms with Gasteiger partial charge in [-0.25, -0.2) is 0 Å². The van der Waals surface area contributed by atoms with Crippen LogP contribution < -0.4 is 9.75 Å². The standard InChI is InChI=1S/C8H10O2S/c9-4-1-7-3-6-11-8(7)2-5-10/h1-3,6,9-10H,4-5H2. The van der Waals surface area contributed by atoms with Crippen molar-refractivity contribution in [2.75, 3.05) is 13.2 Å². The fraction of sp³-hybridized carbons (Fsp3) is 0.250. The zero-order valence-electron chi connectivity index (χ0n) is 6.03. The molecule has 1 aromatic rings. The first-order valence-electron chi connectivity index (χ1n) is 3.34. The Morgan fingerprint density at radius 3 is 2.64 bits per heavy atom. The van der Waals surface area contributed by atoms with E-state index in [1.54, 1.807) is 23.5 Å². The molecule has 0 aliphatic carbocycles. The highest BCUT2D eigenvalue weighted by atomic mass is 32.1. The van der Waals surface area contributed by atoms with Crippen molar-refractivity contribution in [3.8, 4) is 0 Å². The summed E-state index contributed by atoms with van der Waals surface area (Å²) >= 11 is 1.56. The molecule has 11 heavy (non-hydrogen) atoms. The van der Waals surface area contributed by atoms with Gasteiger partial charge in [-0.1, -0.05) is 6.08 Å². The van der Waals surface area contributed by atoms with E-state index < -0.39 is 0 Å². The minimum absolute atomic E-state index is 0.0446. The lowest BCUT2D eigenvalue weighted by Crippen LogP contribution is -2.18. The van der Waals surface area contributed by atoms with E-state index in [0.717, 1.165) is 9.75 Å². The molecule has 2 nitrogen and oxygen atoms in total. The van der Waals surface area contributed by atoms with Gasteiger partial charge < -0.3 is 10.2 Å². The lowest BCUT2D eigenvalue weighted by Gasteiger charge is -1.78. The van der Waals surface area contributed by atoms with Crippen LogP contribution in [-0.4, -0.2) is 23.4 Å². The van der Waals surface area contributed by atoms with E-state index in [0.29, 0.717) is 0 Å². The maximum absolute atomic E-state index is 8.61. The molecule has 0 aliphatic rings. The van der Waals surface area contributed by atoms with E-state index in [2.05, 4.69) is 0 Å². The van der Waals surface area contributed by atoms with Crippen LogP contribution in [-0.2, 0) is 0 Å². The molecule has 0 atom stereocenters. The van der Waals surface area contributed by atoms with Crippen LogP contribution in [0.3, 0.4) is 0 Å². The predicted molar refractivity (Wildman–Crippen MR) is 46.7 cm³/mol. The number of aliphatic hydroxyl groups is 2. The Bertz CT molecular complexity index is 283. The van der Waals surface area contributed by atoms with Crippen LogP contribution in [0.4, 0.5) is 0 Å². The average molecular weight is 170 g/mol. The molecule has 1 aromatic heterocycles. The third-order valence-electron chi connectivity index (χ3n) is 1.32. The molecule has 0 fully saturated rings. The average Bonchev–Trinajstić information content (AvgIpc) is 2.39. The lowest BCUT2D eigenvalue weighted by atomic mass is 10.4. The fourth-order valence-electron chi connectivity index (χ4n) is 0.847. The molecular weight excluding hydrogens is 160 g/mol. The van der Waals surface area contributed by atoms with Crippen molar-refractivity contribution in [3.05, 3.63) is 21.2 Å². The zero-order chi connectivity index (χ0) is 8.10. The van der Waals surface area contributed by atoms with Crippen LogP contribution in [0.5, 0.6) is 0 Å². The number of hydrogen-bond donors (Lipinski definition) is 2. The fourth-order valence-corrected chi connectivity index (χ4v) is 1.67. The molecule has 0 saturated heterocycles. The molecule has 1 rings (SSSR count). The molecule has 0 bridgehead atoms. The Balaban J connectivity index is 3.16. The summed E-state index contributed by atoms with van der Waals surface area (Å²) in [7, 11) is 0. The van der Waals surface area contributed by atoms with Gasteiger partial charge in [0.15, 0.2) is 0 Å². The predicted octanol–water partition coefficient (Wildman–Crippen LogP) is -0.706. The van der Waals surface area contributed by atoms with Gasteiger partial charge in [-0.15, -0.1) is 11.3 Å². The van der Waals surface area contributed by atoms with Crippen molar-refractivity contribution in [1.82, 2.24) is 0 Å². The summed E-state index contributed by atoms with van der Waals surface area (Å²) in [6, 6.07) is 1.92. The summed E-state index contributed by atoms with van der Waals surface area (Å²) in [5, 5.41) is 20.1. The number of rotatable bonds is 2. The van der Waals surface area contributed by atoms with Gasteiger partial charge in [0.2, 0.25) is 0 Å². The van der Waals surface area contributed by atoms with Gasteiger partial charge >= 0.3 is 0 Å². The molecule has 3 heteroatoms. The quantitative estimate of drug-likeness (QED) is 0.616. The molecule has 2 N–H and O–H groups in total. The smallest absolute Gasteiger partial charge is 0.0629 e. The molecule has 0 spiro atoms. The van der Waals surface area contributed by atoms with Crippen molar-refractivity contribution in [2.45, 2.75) is 0 Å². The molecule has 0 amide bonds. The third-order valence-corrected chi connectivity index (χ3v) is 2.24. The van der Waals surface area contributed by atoms with Crippen LogP contribution in [0.2, 0.25) is 0 Å². The first kappa shape index (κ1) is 8.46. The van der Waals surface area contributed by atoms with Gasteiger partial charge in [-0.3, -0.25) is 0 Å². The summed E-state index contributed by atoms with van der Waals surface area (Å²) in [6.45, 7) is 0.0930. The number of aliphatic hydroxyl groups excluding tert-OH is 2. The van der Waals surface area contributed by atoms with Crippen molar-refractivity contribution >= 4 is 23.5 Å². The van der Waals surface area contributed by atoms with E-state index in [4.69, 9.17) is 10.2 Å². The second-order valence-electron chi connectivity index (χ2n) is 2.01. The Morgan fingerprint density at radius 2 is 2.00 bits per heavy atom. The number of thiophene rings is 1. The lowest BCUT2D eigenvalue weighted by molar-refractivity contribution is 0.354. The minimum Gasteiger partial charge on any atom is -0.392 e.